The van der Waals surface area contributed by atoms with Crippen LogP contribution in [0.3, 0.4) is 0 Å². The molecule has 2 bridgehead atoms. The van der Waals surface area contributed by atoms with E-state index in [1.165, 1.54) is 22.0 Å². The molecule has 0 spiro atoms. The van der Waals surface area contributed by atoms with Crippen molar-refractivity contribution in [2.45, 2.75) is 82.9 Å². The third-order valence-electron chi connectivity index (χ3n) is 6.39. The van der Waals surface area contributed by atoms with Crippen molar-refractivity contribution in [2.24, 2.45) is 0 Å². The number of aliphatic hydroxyl groups is 1. The summed E-state index contributed by atoms with van der Waals surface area (Å²) in [6.07, 6.45) is 8.82. The number of hydrogen-bond donors (Lipinski definition) is 2. The number of nitrogens with one attached hydrogen (secondary N) is 1. The molecule has 3 heterocycles. The van der Waals surface area contributed by atoms with Gasteiger partial charge in [0, 0.05) is 35.6 Å². The van der Waals surface area contributed by atoms with Gasteiger partial charge in [-0.25, -0.2) is 0 Å². The van der Waals surface area contributed by atoms with Crippen LogP contribution in [0.1, 0.15) is 63.5 Å². The summed E-state index contributed by atoms with van der Waals surface area (Å²) in [5, 5.41) is 11.7. The second-order valence-corrected chi connectivity index (χ2v) is 8.26. The number of aryl methyl sites for hydroxylation is 2. The maximum Gasteiger partial charge on any atom is 0.223 e. The number of H-pyrrole nitrogens is 1. The fraction of sp³-hybridized carbons (Fsp3) is 0.591. The summed E-state index contributed by atoms with van der Waals surface area (Å²) in [7, 11) is 0. The van der Waals surface area contributed by atoms with Gasteiger partial charge in [0.25, 0.3) is 0 Å². The maximum absolute atomic E-state index is 13.0. The molecule has 1 unspecified atom stereocenters. The summed E-state index contributed by atoms with van der Waals surface area (Å²) in [4.78, 5) is 18.5. The summed E-state index contributed by atoms with van der Waals surface area (Å²) in [6, 6.07) is 6.89. The molecule has 1 aromatic heterocycles. The highest BCUT2D eigenvalue weighted by Gasteiger charge is 2.54. The van der Waals surface area contributed by atoms with Gasteiger partial charge in [0.05, 0.1) is 5.60 Å². The van der Waals surface area contributed by atoms with Crippen molar-refractivity contribution in [3.63, 3.8) is 0 Å². The largest absolute Gasteiger partial charge is 0.390 e. The van der Waals surface area contributed by atoms with E-state index < -0.39 is 5.60 Å². The molecular weight excluding hydrogens is 324 g/mol. The smallest absolute Gasteiger partial charge is 0.223 e. The molecule has 2 saturated heterocycles. The number of carbonyl (C=O) groups excluding carboxylic acids is 1. The van der Waals surface area contributed by atoms with Crippen LogP contribution in [0.5, 0.6) is 0 Å². The molecule has 1 aliphatic carbocycles. The number of amides is 1. The third kappa shape index (κ3) is 2.94. The number of fused-ring (bicyclic) bond motifs is 3. The summed E-state index contributed by atoms with van der Waals surface area (Å²) in [6.45, 7) is 4.32. The number of aromatic amines is 1. The standard InChI is InChI=1S/C22H30N2O2/c1-3-6-15-7-5-8-19-21(15)16(14-23-19)9-10-20(25)24-17(4-2)11-22(26)12-18(24)13-22/h5,7-8,14,17-18,23,26H,3-4,6,9-13H2,1-2H3. The van der Waals surface area contributed by atoms with Crippen LogP contribution < -0.4 is 0 Å². The zero-order valence-corrected chi connectivity index (χ0v) is 15.9. The molecular formula is C22H30N2O2. The number of rotatable bonds is 6. The lowest BCUT2D eigenvalue weighted by Gasteiger charge is -2.58. The number of hydrogen-bond acceptors (Lipinski definition) is 2. The van der Waals surface area contributed by atoms with Gasteiger partial charge in [-0.2, -0.15) is 0 Å². The van der Waals surface area contributed by atoms with E-state index in [0.29, 0.717) is 6.42 Å². The van der Waals surface area contributed by atoms with Gasteiger partial charge >= 0.3 is 0 Å². The van der Waals surface area contributed by atoms with E-state index in [2.05, 4.69) is 48.1 Å². The molecule has 2 N–H and O–H groups in total. The van der Waals surface area contributed by atoms with Crippen LogP contribution in [-0.2, 0) is 17.6 Å². The zero-order valence-electron chi connectivity index (χ0n) is 15.9. The van der Waals surface area contributed by atoms with Gasteiger partial charge in [-0.3, -0.25) is 4.79 Å². The molecule has 1 aromatic carbocycles. The minimum atomic E-state index is -0.492. The summed E-state index contributed by atoms with van der Waals surface area (Å²) in [5.41, 5.74) is 3.31. The predicted octanol–water partition coefficient (Wildman–Crippen LogP) is 3.96. The molecule has 4 heteroatoms. The van der Waals surface area contributed by atoms with Crippen molar-refractivity contribution < 1.29 is 9.90 Å². The van der Waals surface area contributed by atoms with Crippen LogP contribution in [0, 0.1) is 0 Å². The lowest BCUT2D eigenvalue weighted by Crippen LogP contribution is -2.67. The number of piperidine rings is 2. The normalized spacial score (nSPS) is 27.6. The van der Waals surface area contributed by atoms with Crippen LogP contribution in [0.15, 0.2) is 24.4 Å². The molecule has 1 amide bonds. The lowest BCUT2D eigenvalue weighted by molar-refractivity contribution is -0.178. The van der Waals surface area contributed by atoms with E-state index in [-0.39, 0.29) is 18.0 Å². The van der Waals surface area contributed by atoms with Crippen LogP contribution >= 0.6 is 0 Å². The summed E-state index contributed by atoms with van der Waals surface area (Å²) < 4.78 is 0. The Hall–Kier alpha value is -1.81. The van der Waals surface area contributed by atoms with Gasteiger partial charge in [0.15, 0.2) is 0 Å². The zero-order chi connectivity index (χ0) is 18.3. The van der Waals surface area contributed by atoms with Crippen molar-refractivity contribution in [1.82, 2.24) is 9.88 Å². The van der Waals surface area contributed by atoms with Crippen LogP contribution in [-0.4, -0.2) is 38.6 Å². The van der Waals surface area contributed by atoms with Gasteiger partial charge in [0.1, 0.15) is 0 Å². The molecule has 3 aliphatic rings. The average molecular weight is 354 g/mol. The monoisotopic (exact) mass is 354 g/mol. The highest BCUT2D eigenvalue weighted by Crippen LogP contribution is 2.47. The van der Waals surface area contributed by atoms with Crippen LogP contribution in [0.25, 0.3) is 10.9 Å². The number of carbonyl (C=O) groups is 1. The Morgan fingerprint density at radius 1 is 1.23 bits per heavy atom. The third-order valence-corrected chi connectivity index (χ3v) is 6.39. The first-order chi connectivity index (χ1) is 12.5. The Bertz CT molecular complexity index is 804. The lowest BCUT2D eigenvalue weighted by atomic mass is 9.66. The van der Waals surface area contributed by atoms with Gasteiger partial charge in [-0.05, 0) is 55.7 Å². The fourth-order valence-electron chi connectivity index (χ4n) is 5.15. The van der Waals surface area contributed by atoms with Gasteiger partial charge < -0.3 is 15.0 Å². The van der Waals surface area contributed by atoms with Crippen LogP contribution in [0.2, 0.25) is 0 Å². The molecule has 4 nitrogen and oxygen atoms in total. The van der Waals surface area contributed by atoms with Crippen LogP contribution in [0.4, 0.5) is 0 Å². The minimum Gasteiger partial charge on any atom is -0.390 e. The van der Waals surface area contributed by atoms with E-state index in [4.69, 9.17) is 0 Å². The first-order valence-electron chi connectivity index (χ1n) is 10.2. The topological polar surface area (TPSA) is 56.3 Å². The quantitative estimate of drug-likeness (QED) is 0.825. The SMILES string of the molecule is CCCc1cccc2[nH]cc(CCC(=O)N3C(CC)CC4(O)CC3C4)c12. The van der Waals surface area contributed by atoms with E-state index in [0.717, 1.165) is 44.9 Å². The van der Waals surface area contributed by atoms with Gasteiger partial charge in [0.2, 0.25) is 5.91 Å². The molecule has 26 heavy (non-hydrogen) atoms. The summed E-state index contributed by atoms with van der Waals surface area (Å²) >= 11 is 0. The first-order valence-corrected chi connectivity index (χ1v) is 10.2. The second-order valence-electron chi connectivity index (χ2n) is 8.26. The van der Waals surface area contributed by atoms with E-state index in [1.807, 2.05) is 0 Å². The van der Waals surface area contributed by atoms with E-state index in [1.54, 1.807) is 0 Å². The molecule has 0 radical (unpaired) electrons. The van der Waals surface area contributed by atoms with Crippen molar-refractivity contribution in [3.8, 4) is 0 Å². The van der Waals surface area contributed by atoms with Gasteiger partial charge in [-0.1, -0.05) is 32.4 Å². The Labute approximate surface area is 155 Å². The Balaban J connectivity index is 1.49. The van der Waals surface area contributed by atoms with Crippen molar-refractivity contribution in [1.29, 1.82) is 0 Å². The highest BCUT2D eigenvalue weighted by molar-refractivity contribution is 5.87. The number of nitrogens with zero attached hydrogens (tertiary/aromatic N) is 1. The number of aromatic nitrogens is 1. The van der Waals surface area contributed by atoms with E-state index >= 15 is 0 Å². The average Bonchev–Trinajstić information content (AvgIpc) is 3.03. The second kappa shape index (κ2) is 6.73. The van der Waals surface area contributed by atoms with E-state index in [9.17, 15) is 9.90 Å². The minimum absolute atomic E-state index is 0.207. The Kier molecular flexibility index (Phi) is 4.55. The molecule has 1 saturated carbocycles. The van der Waals surface area contributed by atoms with Crippen molar-refractivity contribution in [3.05, 3.63) is 35.5 Å². The van der Waals surface area contributed by atoms with Crippen molar-refractivity contribution in [2.75, 3.05) is 0 Å². The molecule has 5 rings (SSSR count). The van der Waals surface area contributed by atoms with Crippen molar-refractivity contribution >= 4 is 16.8 Å². The molecule has 2 aliphatic heterocycles. The Morgan fingerprint density at radius 2 is 2.04 bits per heavy atom. The Morgan fingerprint density at radius 3 is 2.77 bits per heavy atom. The molecule has 3 fully saturated rings. The first kappa shape index (κ1) is 17.6. The molecule has 2 aromatic rings. The fourth-order valence-corrected chi connectivity index (χ4v) is 5.15. The summed E-state index contributed by atoms with van der Waals surface area (Å²) in [5.74, 6) is 0.255. The number of benzene rings is 1. The highest BCUT2D eigenvalue weighted by atomic mass is 16.3. The predicted molar refractivity (Wildman–Crippen MR) is 104 cm³/mol. The molecule has 1 atom stereocenters. The maximum atomic E-state index is 13.0. The molecule has 140 valence electrons. The van der Waals surface area contributed by atoms with Gasteiger partial charge in [-0.15, -0.1) is 0 Å².